The molecule has 2 N–H and O–H groups in total. The first-order valence-electron chi connectivity index (χ1n) is 5.53. The third-order valence-corrected chi connectivity index (χ3v) is 3.66. The Morgan fingerprint density at radius 3 is 2.63 bits per heavy atom. The van der Waals surface area contributed by atoms with Gasteiger partial charge in [0.25, 0.3) is 0 Å². The van der Waals surface area contributed by atoms with Gasteiger partial charge in [-0.3, -0.25) is 0 Å². The van der Waals surface area contributed by atoms with Crippen LogP contribution in [0.1, 0.15) is 12.5 Å². The zero-order valence-electron chi connectivity index (χ0n) is 10.4. The van der Waals surface area contributed by atoms with Crippen LogP contribution in [0.2, 0.25) is 0 Å². The van der Waals surface area contributed by atoms with E-state index in [4.69, 9.17) is 4.74 Å². The van der Waals surface area contributed by atoms with Crippen molar-refractivity contribution in [3.63, 3.8) is 0 Å². The molecule has 0 aromatic heterocycles. The number of benzene rings is 1. The number of halogens is 1. The summed E-state index contributed by atoms with van der Waals surface area (Å²) in [5, 5.41) is 20.2. The Kier molecular flexibility index (Phi) is 3.66. The fourth-order valence-electron chi connectivity index (χ4n) is 1.92. The predicted molar refractivity (Wildman–Crippen MR) is 70.4 cm³/mol. The molecule has 0 bridgehead atoms. The number of rotatable bonds is 3. The average molecular weight is 329 g/mol. The maximum atomic E-state index is 11.1. The second-order valence-electron chi connectivity index (χ2n) is 4.31. The summed E-state index contributed by atoms with van der Waals surface area (Å²) in [5.41, 5.74) is -0.904. The van der Waals surface area contributed by atoms with Crippen molar-refractivity contribution in [2.45, 2.75) is 18.8 Å². The van der Waals surface area contributed by atoms with Crippen LogP contribution in [-0.2, 0) is 15.1 Å². The highest BCUT2D eigenvalue weighted by Gasteiger charge is 2.39. The van der Waals surface area contributed by atoms with Gasteiger partial charge in [-0.15, -0.1) is 0 Å². The fraction of sp³-hybridized carbons (Fsp3) is 0.308. The van der Waals surface area contributed by atoms with E-state index in [1.54, 1.807) is 18.2 Å². The van der Waals surface area contributed by atoms with Crippen molar-refractivity contribution >= 4 is 21.9 Å². The summed E-state index contributed by atoms with van der Waals surface area (Å²) in [4.78, 5) is 11.1. The van der Waals surface area contributed by atoms with E-state index < -0.39 is 17.9 Å². The number of hydrogen-bond donors (Lipinski definition) is 2. The number of aliphatic hydroxyl groups is 2. The van der Waals surface area contributed by atoms with E-state index in [2.05, 4.69) is 20.7 Å². The van der Waals surface area contributed by atoms with Gasteiger partial charge in [-0.25, -0.2) is 4.79 Å². The summed E-state index contributed by atoms with van der Waals surface area (Å²) >= 11 is 3.32. The Morgan fingerprint density at radius 1 is 1.47 bits per heavy atom. The molecule has 6 heteroatoms. The third kappa shape index (κ3) is 2.51. The summed E-state index contributed by atoms with van der Waals surface area (Å²) in [5.74, 6) is -0.0526. The highest BCUT2D eigenvalue weighted by molar-refractivity contribution is 9.10. The molecule has 0 aliphatic carbocycles. The smallest absolute Gasteiger partial charge is 0.333 e. The van der Waals surface area contributed by atoms with Crippen LogP contribution >= 0.6 is 15.9 Å². The molecule has 19 heavy (non-hydrogen) atoms. The Bertz CT molecular complexity index is 550. The Hall–Kier alpha value is -1.37. The summed E-state index contributed by atoms with van der Waals surface area (Å²) < 4.78 is 10.3. The molecule has 2 unspecified atom stereocenters. The minimum absolute atomic E-state index is 0.106. The quantitative estimate of drug-likeness (QED) is 0.822. The second-order valence-corrected chi connectivity index (χ2v) is 5.16. The van der Waals surface area contributed by atoms with Crippen molar-refractivity contribution in [1.82, 2.24) is 0 Å². The number of carbonyl (C=O) groups is 1. The predicted octanol–water partition coefficient (Wildman–Crippen LogP) is 1.47. The first kappa shape index (κ1) is 14.0. The Morgan fingerprint density at radius 2 is 2.16 bits per heavy atom. The van der Waals surface area contributed by atoms with Crippen molar-refractivity contribution < 1.29 is 24.5 Å². The molecule has 1 aliphatic heterocycles. The van der Waals surface area contributed by atoms with Gasteiger partial charge in [-0.2, -0.15) is 0 Å². The van der Waals surface area contributed by atoms with Crippen molar-refractivity contribution in [1.29, 1.82) is 0 Å². The lowest BCUT2D eigenvalue weighted by Gasteiger charge is -2.27. The fourth-order valence-corrected chi connectivity index (χ4v) is 2.46. The molecule has 0 saturated heterocycles. The van der Waals surface area contributed by atoms with Crippen LogP contribution in [0.25, 0.3) is 0 Å². The van der Waals surface area contributed by atoms with Crippen LogP contribution < -0.4 is 4.74 Å². The number of methoxy groups -OCH3 is 1. The van der Waals surface area contributed by atoms with Gasteiger partial charge in [0.05, 0.1) is 11.6 Å². The molecule has 0 fully saturated rings. The molecule has 1 aromatic rings. The first-order valence-corrected chi connectivity index (χ1v) is 6.32. The standard InChI is InChI=1S/C13H13BrO5/c1-13(17,8-6-11(15)19-12(8)16)7-3-4-10(18-2)9(14)5-7/h3-6,12,16-17H,1-2H3. The summed E-state index contributed by atoms with van der Waals surface area (Å²) in [7, 11) is 1.54. The maximum absolute atomic E-state index is 11.1. The second kappa shape index (κ2) is 4.96. The molecule has 1 aliphatic rings. The van der Waals surface area contributed by atoms with Crippen LogP contribution in [-0.4, -0.2) is 29.6 Å². The van der Waals surface area contributed by atoms with Crippen LogP contribution in [0.15, 0.2) is 34.3 Å². The molecule has 2 rings (SSSR count). The van der Waals surface area contributed by atoms with Crippen molar-refractivity contribution in [2.24, 2.45) is 0 Å². The lowest BCUT2D eigenvalue weighted by atomic mass is 9.87. The molecule has 1 aromatic carbocycles. The minimum Gasteiger partial charge on any atom is -0.496 e. The first-order chi connectivity index (χ1) is 8.86. The van der Waals surface area contributed by atoms with Gasteiger partial charge in [0, 0.05) is 11.6 Å². The van der Waals surface area contributed by atoms with Crippen molar-refractivity contribution in [3.8, 4) is 5.75 Å². The average Bonchev–Trinajstić information content (AvgIpc) is 2.69. The van der Waals surface area contributed by atoms with E-state index >= 15 is 0 Å². The van der Waals surface area contributed by atoms with E-state index in [1.807, 2.05) is 0 Å². The van der Waals surface area contributed by atoms with Gasteiger partial charge in [0.2, 0.25) is 6.29 Å². The molecule has 0 saturated carbocycles. The van der Waals surface area contributed by atoms with E-state index in [-0.39, 0.29) is 5.57 Å². The van der Waals surface area contributed by atoms with Gasteiger partial charge >= 0.3 is 5.97 Å². The third-order valence-electron chi connectivity index (χ3n) is 3.04. The van der Waals surface area contributed by atoms with Crippen LogP contribution in [0.4, 0.5) is 0 Å². The van der Waals surface area contributed by atoms with Crippen LogP contribution in [0, 0.1) is 0 Å². The zero-order valence-corrected chi connectivity index (χ0v) is 12.0. The number of aliphatic hydroxyl groups excluding tert-OH is 1. The van der Waals surface area contributed by atoms with Crippen LogP contribution in [0.3, 0.4) is 0 Å². The molecule has 5 nitrogen and oxygen atoms in total. The Labute approximate surface area is 118 Å². The lowest BCUT2D eigenvalue weighted by Crippen LogP contribution is -2.30. The molecule has 2 atom stereocenters. The van der Waals surface area contributed by atoms with Gasteiger partial charge in [0.15, 0.2) is 0 Å². The normalized spacial score (nSPS) is 21.6. The maximum Gasteiger partial charge on any atom is 0.333 e. The molecule has 0 amide bonds. The number of hydrogen-bond acceptors (Lipinski definition) is 5. The number of cyclic esters (lactones) is 1. The van der Waals surface area contributed by atoms with Crippen molar-refractivity contribution in [2.75, 3.05) is 7.11 Å². The molecule has 1 heterocycles. The van der Waals surface area contributed by atoms with Gasteiger partial charge in [-0.05, 0) is 40.5 Å². The highest BCUT2D eigenvalue weighted by Crippen LogP contribution is 2.37. The lowest BCUT2D eigenvalue weighted by molar-refractivity contribution is -0.152. The summed E-state index contributed by atoms with van der Waals surface area (Å²) in [6, 6.07) is 4.99. The largest absolute Gasteiger partial charge is 0.496 e. The van der Waals surface area contributed by atoms with Gasteiger partial charge in [0.1, 0.15) is 11.4 Å². The Balaban J connectivity index is 2.42. The SMILES string of the molecule is COc1ccc(C(C)(O)C2=CC(=O)OC2O)cc1Br. The molecular weight excluding hydrogens is 316 g/mol. The van der Waals surface area contributed by atoms with Gasteiger partial charge in [-0.1, -0.05) is 6.07 Å². The van der Waals surface area contributed by atoms with E-state index in [1.165, 1.54) is 14.0 Å². The van der Waals surface area contributed by atoms with Crippen molar-refractivity contribution in [3.05, 3.63) is 39.9 Å². The van der Waals surface area contributed by atoms with Crippen LogP contribution in [0.5, 0.6) is 5.75 Å². The van der Waals surface area contributed by atoms with E-state index in [0.29, 0.717) is 15.8 Å². The molecular formula is C13H13BrO5. The van der Waals surface area contributed by atoms with Gasteiger partial charge < -0.3 is 19.7 Å². The molecule has 0 radical (unpaired) electrons. The number of carbonyl (C=O) groups excluding carboxylic acids is 1. The monoisotopic (exact) mass is 328 g/mol. The zero-order chi connectivity index (χ0) is 14.2. The molecule has 0 spiro atoms. The highest BCUT2D eigenvalue weighted by atomic mass is 79.9. The van der Waals surface area contributed by atoms with E-state index in [0.717, 1.165) is 6.08 Å². The topological polar surface area (TPSA) is 76.0 Å². The summed E-state index contributed by atoms with van der Waals surface area (Å²) in [6.45, 7) is 1.48. The number of ether oxygens (including phenoxy) is 2. The van der Waals surface area contributed by atoms with E-state index in [9.17, 15) is 15.0 Å². The summed E-state index contributed by atoms with van der Waals surface area (Å²) in [6.07, 6.45) is -0.327. The minimum atomic E-state index is -1.51. The number of esters is 1. The molecule has 102 valence electrons.